The maximum Gasteiger partial charge on any atom is 0.271 e. The molecule has 0 aliphatic heterocycles. The first-order valence-corrected chi connectivity index (χ1v) is 6.41. The van der Waals surface area contributed by atoms with E-state index in [4.69, 9.17) is 16.1 Å². The normalized spacial score (nSPS) is 13.9. The van der Waals surface area contributed by atoms with Crippen molar-refractivity contribution in [2.24, 2.45) is 0 Å². The van der Waals surface area contributed by atoms with E-state index in [1.54, 1.807) is 6.92 Å². The average molecular weight is 273 g/mol. The quantitative estimate of drug-likeness (QED) is 0.786. The van der Waals surface area contributed by atoms with Gasteiger partial charge in [-0.15, -0.1) is 16.7 Å². The van der Waals surface area contributed by atoms with E-state index in [2.05, 4.69) is 40.5 Å². The molecular weight excluding hydrogens is 260 g/mol. The average Bonchev–Trinajstić information content (AvgIpc) is 2.85. The second-order valence-corrected chi connectivity index (χ2v) is 6.18. The number of aromatic nitrogens is 4. The molecule has 2 aromatic heterocycles. The van der Waals surface area contributed by atoms with Crippen LogP contribution < -0.4 is 0 Å². The van der Waals surface area contributed by atoms with Gasteiger partial charge in [-0.3, -0.25) is 0 Å². The first-order chi connectivity index (χ1) is 7.89. The van der Waals surface area contributed by atoms with Crippen LogP contribution in [-0.4, -0.2) is 19.7 Å². The summed E-state index contributed by atoms with van der Waals surface area (Å²) in [5, 5.41) is 7.68. The molecule has 17 heavy (non-hydrogen) atoms. The lowest BCUT2D eigenvalue weighted by atomic mass is 9.91. The molecule has 5 nitrogen and oxygen atoms in total. The Kier molecular flexibility index (Phi) is 3.18. The fraction of sp³-hybridized carbons (Fsp3) is 0.600. The SMILES string of the molecule is CC(Cl)c1noc(-c2snnc2C(C)(C)C)n1. The van der Waals surface area contributed by atoms with Crippen LogP contribution in [0, 0.1) is 0 Å². The van der Waals surface area contributed by atoms with Crippen LogP contribution in [0.5, 0.6) is 0 Å². The molecular formula is C10H13ClN4OS. The smallest absolute Gasteiger partial charge is 0.271 e. The second kappa shape index (κ2) is 4.34. The highest BCUT2D eigenvalue weighted by Crippen LogP contribution is 2.33. The summed E-state index contributed by atoms with van der Waals surface area (Å²) >= 11 is 7.15. The highest BCUT2D eigenvalue weighted by atomic mass is 35.5. The zero-order valence-electron chi connectivity index (χ0n) is 10.1. The fourth-order valence-electron chi connectivity index (χ4n) is 1.31. The summed E-state index contributed by atoms with van der Waals surface area (Å²) in [7, 11) is 0. The first kappa shape index (κ1) is 12.4. The van der Waals surface area contributed by atoms with Crippen molar-refractivity contribution >= 4 is 23.1 Å². The lowest BCUT2D eigenvalue weighted by Crippen LogP contribution is -2.13. The molecule has 92 valence electrons. The van der Waals surface area contributed by atoms with E-state index < -0.39 is 0 Å². The largest absolute Gasteiger partial charge is 0.333 e. The topological polar surface area (TPSA) is 64.7 Å². The van der Waals surface area contributed by atoms with Gasteiger partial charge in [-0.1, -0.05) is 30.4 Å². The van der Waals surface area contributed by atoms with E-state index in [0.29, 0.717) is 11.7 Å². The van der Waals surface area contributed by atoms with Gasteiger partial charge in [0.15, 0.2) is 5.82 Å². The molecule has 2 rings (SSSR count). The molecule has 0 aromatic carbocycles. The number of alkyl halides is 1. The van der Waals surface area contributed by atoms with Gasteiger partial charge >= 0.3 is 0 Å². The summed E-state index contributed by atoms with van der Waals surface area (Å²) in [6.07, 6.45) is 0. The van der Waals surface area contributed by atoms with Crippen LogP contribution in [0.3, 0.4) is 0 Å². The van der Waals surface area contributed by atoms with E-state index in [0.717, 1.165) is 10.6 Å². The van der Waals surface area contributed by atoms with Crippen molar-refractivity contribution in [1.82, 2.24) is 19.7 Å². The molecule has 0 saturated carbocycles. The van der Waals surface area contributed by atoms with Crippen LogP contribution in [0.1, 0.15) is 44.6 Å². The second-order valence-electron chi connectivity index (χ2n) is 4.77. The van der Waals surface area contributed by atoms with E-state index >= 15 is 0 Å². The molecule has 0 fully saturated rings. The molecule has 0 spiro atoms. The third-order valence-electron chi connectivity index (χ3n) is 2.19. The molecule has 2 aromatic rings. The van der Waals surface area contributed by atoms with E-state index in [1.807, 2.05) is 0 Å². The molecule has 0 aliphatic carbocycles. The highest BCUT2D eigenvalue weighted by Gasteiger charge is 2.26. The number of halogens is 1. The van der Waals surface area contributed by atoms with Gasteiger partial charge in [-0.25, -0.2) is 0 Å². The van der Waals surface area contributed by atoms with E-state index in [1.165, 1.54) is 11.5 Å². The maximum atomic E-state index is 5.89. The molecule has 7 heteroatoms. The van der Waals surface area contributed by atoms with Gasteiger partial charge in [0.05, 0.1) is 11.1 Å². The van der Waals surface area contributed by atoms with Crippen molar-refractivity contribution in [1.29, 1.82) is 0 Å². The van der Waals surface area contributed by atoms with Crippen LogP contribution in [0.4, 0.5) is 0 Å². The van der Waals surface area contributed by atoms with Crippen molar-refractivity contribution in [3.05, 3.63) is 11.5 Å². The summed E-state index contributed by atoms with van der Waals surface area (Å²) < 4.78 is 9.14. The minimum atomic E-state index is -0.272. The van der Waals surface area contributed by atoms with Gasteiger partial charge < -0.3 is 4.52 Å². The van der Waals surface area contributed by atoms with Crippen LogP contribution >= 0.6 is 23.1 Å². The lowest BCUT2D eigenvalue weighted by Gasteiger charge is -2.14. The summed E-state index contributed by atoms with van der Waals surface area (Å²) in [6, 6.07) is 0. The van der Waals surface area contributed by atoms with Crippen LogP contribution in [0.15, 0.2) is 4.52 Å². The Bertz CT molecular complexity index is 514. The van der Waals surface area contributed by atoms with Crippen molar-refractivity contribution in [3.8, 4) is 10.8 Å². The van der Waals surface area contributed by atoms with Crippen molar-refractivity contribution in [2.45, 2.75) is 38.5 Å². The van der Waals surface area contributed by atoms with Gasteiger partial charge in [0, 0.05) is 5.41 Å². The van der Waals surface area contributed by atoms with E-state index in [-0.39, 0.29) is 10.8 Å². The Morgan fingerprint density at radius 3 is 2.59 bits per heavy atom. The Morgan fingerprint density at radius 2 is 2.06 bits per heavy atom. The minimum Gasteiger partial charge on any atom is -0.333 e. The summed E-state index contributed by atoms with van der Waals surface area (Å²) in [6.45, 7) is 7.99. The predicted octanol–water partition coefficient (Wildman–Crippen LogP) is 3.19. The minimum absolute atomic E-state index is 0.108. The summed E-state index contributed by atoms with van der Waals surface area (Å²) in [4.78, 5) is 5.06. The molecule has 0 saturated heterocycles. The predicted molar refractivity (Wildman–Crippen MR) is 66.2 cm³/mol. The Morgan fingerprint density at radius 1 is 1.35 bits per heavy atom. The Labute approximate surface area is 108 Å². The fourth-order valence-corrected chi connectivity index (χ4v) is 2.20. The standard InChI is InChI=1S/C10H13ClN4OS/c1-5(11)8-12-9(16-14-8)6-7(10(2,3)4)13-15-17-6/h5H,1-4H3. The molecule has 0 amide bonds. The van der Waals surface area contributed by atoms with Gasteiger partial charge in [-0.05, 0) is 18.5 Å². The Balaban J connectivity index is 2.43. The molecule has 0 aliphatic rings. The van der Waals surface area contributed by atoms with Crippen LogP contribution in [-0.2, 0) is 5.41 Å². The van der Waals surface area contributed by atoms with Gasteiger partial charge in [0.2, 0.25) is 0 Å². The molecule has 1 unspecified atom stereocenters. The van der Waals surface area contributed by atoms with Gasteiger partial charge in [0.25, 0.3) is 5.89 Å². The van der Waals surface area contributed by atoms with Gasteiger partial charge in [0.1, 0.15) is 4.88 Å². The monoisotopic (exact) mass is 272 g/mol. The number of hydrogen-bond donors (Lipinski definition) is 0. The zero-order chi connectivity index (χ0) is 12.6. The number of rotatable bonds is 2. The first-order valence-electron chi connectivity index (χ1n) is 5.20. The molecule has 0 radical (unpaired) electrons. The van der Waals surface area contributed by atoms with Gasteiger partial charge in [-0.2, -0.15) is 4.98 Å². The van der Waals surface area contributed by atoms with Crippen molar-refractivity contribution in [2.75, 3.05) is 0 Å². The van der Waals surface area contributed by atoms with Crippen molar-refractivity contribution < 1.29 is 4.52 Å². The third-order valence-corrected chi connectivity index (χ3v) is 3.10. The maximum absolute atomic E-state index is 5.89. The Hall–Kier alpha value is -1.01. The number of nitrogens with zero attached hydrogens (tertiary/aromatic N) is 4. The van der Waals surface area contributed by atoms with Crippen LogP contribution in [0.25, 0.3) is 10.8 Å². The molecule has 0 bridgehead atoms. The van der Waals surface area contributed by atoms with Crippen LogP contribution in [0.2, 0.25) is 0 Å². The molecule has 2 heterocycles. The van der Waals surface area contributed by atoms with Crippen molar-refractivity contribution in [3.63, 3.8) is 0 Å². The van der Waals surface area contributed by atoms with E-state index in [9.17, 15) is 0 Å². The summed E-state index contributed by atoms with van der Waals surface area (Å²) in [5.41, 5.74) is 0.753. The zero-order valence-corrected chi connectivity index (χ0v) is 11.6. The molecule has 0 N–H and O–H groups in total. The third kappa shape index (κ3) is 2.47. The number of hydrogen-bond acceptors (Lipinski definition) is 6. The lowest BCUT2D eigenvalue weighted by molar-refractivity contribution is 0.422. The summed E-state index contributed by atoms with van der Waals surface area (Å²) in [5.74, 6) is 0.919. The highest BCUT2D eigenvalue weighted by molar-refractivity contribution is 7.09. The molecule has 1 atom stereocenters.